The summed E-state index contributed by atoms with van der Waals surface area (Å²) in [5.41, 5.74) is 2.27. The second-order valence-electron chi connectivity index (χ2n) is 8.19. The molecule has 32 heavy (non-hydrogen) atoms. The molecule has 6 heteroatoms. The van der Waals surface area contributed by atoms with E-state index in [1.54, 1.807) is 22.7 Å². The van der Waals surface area contributed by atoms with E-state index in [0.29, 0.717) is 0 Å². The van der Waals surface area contributed by atoms with Gasteiger partial charge in [-0.25, -0.2) is 0 Å². The number of rotatable bonds is 8. The molecular formula is C26H26N4S2. The summed E-state index contributed by atoms with van der Waals surface area (Å²) in [5, 5.41) is 26.8. The number of benzene rings is 3. The lowest BCUT2D eigenvalue weighted by Gasteiger charge is -2.06. The van der Waals surface area contributed by atoms with Crippen LogP contribution >= 0.6 is 22.7 Å². The van der Waals surface area contributed by atoms with Gasteiger partial charge in [-0.05, 0) is 58.7 Å². The van der Waals surface area contributed by atoms with Crippen LogP contribution in [-0.2, 0) is 12.8 Å². The van der Waals surface area contributed by atoms with Crippen molar-refractivity contribution < 1.29 is 0 Å². The molecule has 0 N–H and O–H groups in total. The maximum Gasteiger partial charge on any atom is 0.147 e. The average molecular weight is 459 g/mol. The molecule has 2 heterocycles. The summed E-state index contributed by atoms with van der Waals surface area (Å²) < 4.78 is 0. The lowest BCUT2D eigenvalue weighted by molar-refractivity contribution is 0.780. The van der Waals surface area contributed by atoms with Crippen LogP contribution in [0.5, 0.6) is 0 Å². The summed E-state index contributed by atoms with van der Waals surface area (Å²) in [6.45, 7) is 4.41. The zero-order valence-corrected chi connectivity index (χ0v) is 20.1. The van der Waals surface area contributed by atoms with E-state index in [1.165, 1.54) is 34.4 Å². The maximum absolute atomic E-state index is 4.44. The Morgan fingerprint density at radius 2 is 1.03 bits per heavy atom. The Balaban J connectivity index is 1.48. The Bertz CT molecular complexity index is 1270. The van der Waals surface area contributed by atoms with E-state index < -0.39 is 0 Å². The van der Waals surface area contributed by atoms with Crippen LogP contribution in [0.3, 0.4) is 0 Å². The molecule has 0 saturated carbocycles. The SMILES string of the molecule is CCCCc1nnc(-c2ccc3cc4ccc(-c5nnc(CCCC)s5)cc4cc3c2)s1. The lowest BCUT2D eigenvalue weighted by atomic mass is 10.0. The third-order valence-corrected chi connectivity index (χ3v) is 7.78. The molecule has 2 aromatic heterocycles. The Morgan fingerprint density at radius 3 is 1.50 bits per heavy atom. The summed E-state index contributed by atoms with van der Waals surface area (Å²) in [6, 6.07) is 17.7. The van der Waals surface area contributed by atoms with Crippen LogP contribution in [0, 0.1) is 0 Å². The molecule has 0 aliphatic heterocycles. The van der Waals surface area contributed by atoms with Gasteiger partial charge < -0.3 is 0 Å². The second kappa shape index (κ2) is 9.43. The van der Waals surface area contributed by atoms with Crippen molar-refractivity contribution in [2.24, 2.45) is 0 Å². The van der Waals surface area contributed by atoms with Crippen molar-refractivity contribution >= 4 is 44.2 Å². The largest absolute Gasteiger partial charge is 0.147 e. The van der Waals surface area contributed by atoms with Crippen LogP contribution < -0.4 is 0 Å². The van der Waals surface area contributed by atoms with Crippen molar-refractivity contribution in [3.8, 4) is 21.1 Å². The van der Waals surface area contributed by atoms with Crippen LogP contribution in [0.25, 0.3) is 42.7 Å². The highest BCUT2D eigenvalue weighted by molar-refractivity contribution is 7.15. The molecule has 162 valence electrons. The Morgan fingerprint density at radius 1 is 0.562 bits per heavy atom. The molecule has 0 saturated heterocycles. The van der Waals surface area contributed by atoms with Gasteiger partial charge in [-0.2, -0.15) is 0 Å². The minimum atomic E-state index is 1.00. The topological polar surface area (TPSA) is 51.6 Å². The third-order valence-electron chi connectivity index (χ3n) is 5.71. The molecule has 0 spiro atoms. The molecule has 0 radical (unpaired) electrons. The Labute approximate surface area is 196 Å². The highest BCUT2D eigenvalue weighted by Crippen LogP contribution is 2.32. The molecule has 4 nitrogen and oxygen atoms in total. The number of hydrogen-bond donors (Lipinski definition) is 0. The first-order chi connectivity index (χ1) is 15.7. The minimum absolute atomic E-state index is 1.00. The molecule has 0 aliphatic carbocycles. The standard InChI is InChI=1S/C26H26N4S2/c1-3-5-7-23-27-29-25(31-23)19-11-9-17-13-18-10-12-20(15-22(18)16-21(17)14-19)26-30-28-24(32-26)8-6-4-2/h9-16H,3-8H2,1-2H3. The van der Waals surface area contributed by atoms with E-state index in [0.717, 1.165) is 56.8 Å². The molecule has 5 rings (SSSR count). The number of unbranched alkanes of at least 4 members (excludes halogenated alkanes) is 2. The monoisotopic (exact) mass is 458 g/mol. The van der Waals surface area contributed by atoms with Gasteiger partial charge in [0.05, 0.1) is 0 Å². The minimum Gasteiger partial charge on any atom is -0.143 e. The Hall–Kier alpha value is -2.70. The van der Waals surface area contributed by atoms with Gasteiger partial charge in [0.1, 0.15) is 20.0 Å². The fourth-order valence-electron chi connectivity index (χ4n) is 3.86. The molecule has 0 unspecified atom stereocenters. The van der Waals surface area contributed by atoms with Gasteiger partial charge in [-0.1, -0.05) is 73.6 Å². The zero-order valence-electron chi connectivity index (χ0n) is 18.5. The molecule has 0 amide bonds. The first-order valence-electron chi connectivity index (χ1n) is 11.4. The van der Waals surface area contributed by atoms with E-state index >= 15 is 0 Å². The van der Waals surface area contributed by atoms with Crippen LogP contribution in [-0.4, -0.2) is 20.4 Å². The summed E-state index contributed by atoms with van der Waals surface area (Å²) in [6.07, 6.45) is 6.71. The van der Waals surface area contributed by atoms with Crippen molar-refractivity contribution in [3.05, 3.63) is 58.5 Å². The maximum atomic E-state index is 4.44. The second-order valence-corrected chi connectivity index (χ2v) is 10.3. The predicted octanol–water partition coefficient (Wildman–Crippen LogP) is 7.72. The van der Waals surface area contributed by atoms with Gasteiger partial charge in [0.15, 0.2) is 0 Å². The fourth-order valence-corrected chi connectivity index (χ4v) is 5.62. The number of aromatic nitrogens is 4. The van der Waals surface area contributed by atoms with Crippen LogP contribution in [0.2, 0.25) is 0 Å². The van der Waals surface area contributed by atoms with Crippen molar-refractivity contribution in [3.63, 3.8) is 0 Å². The van der Waals surface area contributed by atoms with E-state index in [4.69, 9.17) is 0 Å². The fraction of sp³-hybridized carbons (Fsp3) is 0.308. The van der Waals surface area contributed by atoms with Gasteiger partial charge >= 0.3 is 0 Å². The Kier molecular flexibility index (Phi) is 6.23. The highest BCUT2D eigenvalue weighted by atomic mass is 32.1. The van der Waals surface area contributed by atoms with Gasteiger partial charge in [0.2, 0.25) is 0 Å². The summed E-state index contributed by atoms with van der Waals surface area (Å²) in [7, 11) is 0. The number of fused-ring (bicyclic) bond motifs is 2. The molecule has 0 fully saturated rings. The van der Waals surface area contributed by atoms with Crippen LogP contribution in [0.1, 0.15) is 49.5 Å². The molecule has 0 aliphatic rings. The van der Waals surface area contributed by atoms with E-state index in [1.807, 2.05) is 0 Å². The van der Waals surface area contributed by atoms with E-state index in [-0.39, 0.29) is 0 Å². The lowest BCUT2D eigenvalue weighted by Crippen LogP contribution is -1.83. The van der Waals surface area contributed by atoms with E-state index in [2.05, 4.69) is 82.8 Å². The number of aryl methyl sites for hydroxylation is 2. The summed E-state index contributed by atoms with van der Waals surface area (Å²) in [5.74, 6) is 0. The molecule has 0 bridgehead atoms. The van der Waals surface area contributed by atoms with Crippen molar-refractivity contribution in [2.75, 3.05) is 0 Å². The van der Waals surface area contributed by atoms with Crippen molar-refractivity contribution in [1.29, 1.82) is 0 Å². The predicted molar refractivity (Wildman–Crippen MR) is 136 cm³/mol. The van der Waals surface area contributed by atoms with E-state index in [9.17, 15) is 0 Å². The summed E-state index contributed by atoms with van der Waals surface area (Å²) in [4.78, 5) is 0. The molecule has 3 aromatic carbocycles. The normalized spacial score (nSPS) is 11.6. The smallest absolute Gasteiger partial charge is 0.143 e. The zero-order chi connectivity index (χ0) is 21.9. The molecule has 0 atom stereocenters. The number of hydrogen-bond acceptors (Lipinski definition) is 6. The van der Waals surface area contributed by atoms with Crippen molar-refractivity contribution in [1.82, 2.24) is 20.4 Å². The van der Waals surface area contributed by atoms with Gasteiger partial charge in [-0.15, -0.1) is 20.4 Å². The third kappa shape index (κ3) is 4.43. The average Bonchev–Trinajstić information content (AvgIpc) is 3.49. The first-order valence-corrected chi connectivity index (χ1v) is 13.0. The molecular weight excluding hydrogens is 432 g/mol. The first kappa shape index (κ1) is 21.2. The van der Waals surface area contributed by atoms with Gasteiger partial charge in [-0.3, -0.25) is 0 Å². The van der Waals surface area contributed by atoms with Crippen LogP contribution in [0.15, 0.2) is 48.5 Å². The van der Waals surface area contributed by atoms with Gasteiger partial charge in [0.25, 0.3) is 0 Å². The quantitative estimate of drug-likeness (QED) is 0.223. The van der Waals surface area contributed by atoms with Crippen LogP contribution in [0.4, 0.5) is 0 Å². The number of nitrogens with zero attached hydrogens (tertiary/aromatic N) is 4. The highest BCUT2D eigenvalue weighted by Gasteiger charge is 2.10. The van der Waals surface area contributed by atoms with Crippen molar-refractivity contribution in [2.45, 2.75) is 52.4 Å². The summed E-state index contributed by atoms with van der Waals surface area (Å²) >= 11 is 3.42. The van der Waals surface area contributed by atoms with Gasteiger partial charge in [0, 0.05) is 24.0 Å². The molecule has 5 aromatic rings.